The first kappa shape index (κ1) is 22.5. The summed E-state index contributed by atoms with van der Waals surface area (Å²) in [5, 5.41) is 1.87. The summed E-state index contributed by atoms with van der Waals surface area (Å²) in [6.07, 6.45) is 0. The Bertz CT molecular complexity index is 1070. The maximum absolute atomic E-state index is 11.5. The molecule has 0 amide bonds. The zero-order valence-electron chi connectivity index (χ0n) is 16.6. The molecule has 3 aromatic rings. The molecule has 0 fully saturated rings. The van der Waals surface area contributed by atoms with Gasteiger partial charge in [0.1, 0.15) is 5.75 Å². The highest BCUT2D eigenvalue weighted by atomic mass is 32.7. The molecule has 0 atom stereocenters. The third-order valence-corrected chi connectivity index (χ3v) is 6.89. The third kappa shape index (κ3) is 4.74. The lowest BCUT2D eigenvalue weighted by Gasteiger charge is -2.14. The van der Waals surface area contributed by atoms with Gasteiger partial charge in [0.05, 0.1) is 39.0 Å². The molecule has 0 saturated heterocycles. The van der Waals surface area contributed by atoms with Crippen molar-refractivity contribution in [2.24, 2.45) is 0 Å². The standard InChI is InChI=1S/C19H20NO7PS2/c1-24-14-6-5-11(9-17(14)30-28(21,22)23)13-10-29-20-18(13)12-7-15(25-2)19(27-4)16(8-12)26-3/h5-10H,1-4H3,(H2,21,22,23). The van der Waals surface area contributed by atoms with Crippen LogP contribution in [0.15, 0.2) is 40.6 Å². The van der Waals surface area contributed by atoms with Crippen molar-refractivity contribution in [1.29, 1.82) is 0 Å². The molecule has 0 bridgehead atoms. The summed E-state index contributed by atoms with van der Waals surface area (Å²) in [5.74, 6) is 1.85. The molecule has 11 heteroatoms. The van der Waals surface area contributed by atoms with Crippen molar-refractivity contribution in [3.8, 4) is 45.4 Å². The van der Waals surface area contributed by atoms with Gasteiger partial charge in [-0.15, -0.1) is 0 Å². The van der Waals surface area contributed by atoms with Crippen LogP contribution in [0.1, 0.15) is 0 Å². The van der Waals surface area contributed by atoms with Crippen molar-refractivity contribution in [3.63, 3.8) is 0 Å². The Hall–Kier alpha value is -2.23. The molecule has 1 aromatic heterocycles. The van der Waals surface area contributed by atoms with Crippen LogP contribution in [0.4, 0.5) is 0 Å². The molecule has 8 nitrogen and oxygen atoms in total. The summed E-state index contributed by atoms with van der Waals surface area (Å²) in [4.78, 5) is 19.1. The van der Waals surface area contributed by atoms with Gasteiger partial charge in [-0.1, -0.05) is 6.07 Å². The van der Waals surface area contributed by atoms with E-state index in [2.05, 4.69) is 4.37 Å². The highest BCUT2D eigenvalue weighted by Crippen LogP contribution is 2.57. The second-order valence-corrected chi connectivity index (χ2v) is 10.1. The molecule has 30 heavy (non-hydrogen) atoms. The number of rotatable bonds is 8. The van der Waals surface area contributed by atoms with Gasteiger partial charge in [0, 0.05) is 16.5 Å². The van der Waals surface area contributed by atoms with E-state index in [1.54, 1.807) is 24.3 Å². The molecule has 0 aliphatic heterocycles. The highest BCUT2D eigenvalue weighted by molar-refractivity contribution is 8.54. The van der Waals surface area contributed by atoms with Crippen LogP contribution in [0.5, 0.6) is 23.0 Å². The molecule has 0 aliphatic carbocycles. The van der Waals surface area contributed by atoms with Gasteiger partial charge in [0.25, 0.3) is 0 Å². The number of hydrogen-bond acceptors (Lipinski definition) is 8. The number of nitrogens with zero attached hydrogens (tertiary/aromatic N) is 1. The van der Waals surface area contributed by atoms with Crippen molar-refractivity contribution >= 4 is 29.7 Å². The molecule has 2 aromatic carbocycles. The van der Waals surface area contributed by atoms with Crippen LogP contribution in [-0.4, -0.2) is 42.6 Å². The summed E-state index contributed by atoms with van der Waals surface area (Å²) in [5.41, 5.74) is 2.96. The first-order chi connectivity index (χ1) is 14.3. The predicted molar refractivity (Wildman–Crippen MR) is 117 cm³/mol. The molecular formula is C19H20NO7PS2. The van der Waals surface area contributed by atoms with Crippen LogP contribution in [0, 0.1) is 0 Å². The van der Waals surface area contributed by atoms with Crippen LogP contribution in [-0.2, 0) is 4.57 Å². The molecule has 160 valence electrons. The van der Waals surface area contributed by atoms with E-state index in [-0.39, 0.29) is 0 Å². The number of methoxy groups -OCH3 is 4. The summed E-state index contributed by atoms with van der Waals surface area (Å²) >= 11 is 1.72. The van der Waals surface area contributed by atoms with Crippen molar-refractivity contribution in [1.82, 2.24) is 4.37 Å². The molecule has 2 N–H and O–H groups in total. The lowest BCUT2D eigenvalue weighted by Crippen LogP contribution is -1.96. The van der Waals surface area contributed by atoms with Gasteiger partial charge in [-0.25, -0.2) is 4.57 Å². The second-order valence-electron chi connectivity index (χ2n) is 5.94. The lowest BCUT2D eigenvalue weighted by atomic mass is 10.0. The minimum atomic E-state index is -4.35. The molecule has 0 saturated carbocycles. The minimum absolute atomic E-state index is 0.338. The van der Waals surface area contributed by atoms with Gasteiger partial charge >= 0.3 is 6.80 Å². The summed E-state index contributed by atoms with van der Waals surface area (Å²) in [6.45, 7) is -4.35. The highest BCUT2D eigenvalue weighted by Gasteiger charge is 2.22. The van der Waals surface area contributed by atoms with Crippen molar-refractivity contribution in [3.05, 3.63) is 35.7 Å². The Morgan fingerprint density at radius 2 is 1.53 bits per heavy atom. The maximum atomic E-state index is 11.5. The van der Waals surface area contributed by atoms with E-state index in [0.717, 1.165) is 16.7 Å². The molecule has 0 aliphatic rings. The van der Waals surface area contributed by atoms with Crippen LogP contribution < -0.4 is 18.9 Å². The van der Waals surface area contributed by atoms with Gasteiger partial charge in [-0.3, -0.25) is 0 Å². The van der Waals surface area contributed by atoms with E-state index in [4.69, 9.17) is 18.9 Å². The van der Waals surface area contributed by atoms with Crippen LogP contribution in [0.3, 0.4) is 0 Å². The molecule has 0 radical (unpaired) electrons. The van der Waals surface area contributed by atoms with E-state index in [9.17, 15) is 14.4 Å². The second kappa shape index (κ2) is 9.28. The van der Waals surface area contributed by atoms with Gasteiger partial charge in [0.2, 0.25) is 5.75 Å². The van der Waals surface area contributed by atoms with Gasteiger partial charge in [-0.2, -0.15) is 4.37 Å². The molecular weight excluding hydrogens is 449 g/mol. The van der Waals surface area contributed by atoms with Crippen LogP contribution >= 0.6 is 29.7 Å². The first-order valence-electron chi connectivity index (χ1n) is 8.49. The van der Waals surface area contributed by atoms with E-state index in [1.807, 2.05) is 11.4 Å². The smallest absolute Gasteiger partial charge is 0.388 e. The van der Waals surface area contributed by atoms with Crippen LogP contribution in [0.25, 0.3) is 22.4 Å². The lowest BCUT2D eigenvalue weighted by molar-refractivity contribution is 0.324. The topological polar surface area (TPSA) is 107 Å². The fraction of sp³-hybridized carbons (Fsp3) is 0.211. The summed E-state index contributed by atoms with van der Waals surface area (Å²) in [6, 6.07) is 8.76. The SMILES string of the molecule is COc1ccc(-c2csnc2-c2cc(OC)c(OC)c(OC)c2)cc1SP(=O)(O)O. The van der Waals surface area contributed by atoms with Gasteiger partial charge in [0.15, 0.2) is 11.5 Å². The van der Waals surface area contributed by atoms with E-state index >= 15 is 0 Å². The zero-order valence-corrected chi connectivity index (χ0v) is 19.1. The van der Waals surface area contributed by atoms with Gasteiger partial charge < -0.3 is 28.7 Å². The largest absolute Gasteiger partial charge is 0.496 e. The quantitative estimate of drug-likeness (QED) is 0.454. The Morgan fingerprint density at radius 1 is 0.900 bits per heavy atom. The van der Waals surface area contributed by atoms with Crippen molar-refractivity contribution < 1.29 is 33.3 Å². The molecule has 0 unspecified atom stereocenters. The Balaban J connectivity index is 2.13. The van der Waals surface area contributed by atoms with E-state index < -0.39 is 6.80 Å². The minimum Gasteiger partial charge on any atom is -0.496 e. The average Bonchev–Trinajstić information content (AvgIpc) is 3.21. The van der Waals surface area contributed by atoms with Crippen LogP contribution in [0.2, 0.25) is 0 Å². The average molecular weight is 469 g/mol. The Morgan fingerprint density at radius 3 is 2.07 bits per heavy atom. The Labute approximate surface area is 181 Å². The number of benzene rings is 2. The summed E-state index contributed by atoms with van der Waals surface area (Å²) < 4.78 is 37.5. The normalized spacial score (nSPS) is 11.3. The van der Waals surface area contributed by atoms with Gasteiger partial charge in [-0.05, 0) is 52.7 Å². The third-order valence-electron chi connectivity index (χ3n) is 4.20. The number of aromatic nitrogens is 1. The van der Waals surface area contributed by atoms with Crippen molar-refractivity contribution in [2.45, 2.75) is 4.90 Å². The Kier molecular flexibility index (Phi) is 6.95. The van der Waals surface area contributed by atoms with E-state index in [1.165, 1.54) is 40.0 Å². The first-order valence-corrected chi connectivity index (χ1v) is 12.4. The number of ether oxygens (including phenoxy) is 4. The van der Waals surface area contributed by atoms with Crippen molar-refractivity contribution in [2.75, 3.05) is 28.4 Å². The number of hydrogen-bond donors (Lipinski definition) is 2. The summed E-state index contributed by atoms with van der Waals surface area (Å²) in [7, 11) is 6.06. The maximum Gasteiger partial charge on any atom is 0.388 e. The van der Waals surface area contributed by atoms with E-state index in [0.29, 0.717) is 45.0 Å². The fourth-order valence-electron chi connectivity index (χ4n) is 2.91. The predicted octanol–water partition coefficient (Wildman–Crippen LogP) is 4.70. The molecule has 0 spiro atoms. The monoisotopic (exact) mass is 469 g/mol. The molecule has 3 rings (SSSR count). The molecule has 1 heterocycles. The zero-order chi connectivity index (χ0) is 21.9. The fourth-order valence-corrected chi connectivity index (χ4v) is 5.50.